The number of alkyl halides is 6. The second kappa shape index (κ2) is 13.2. The van der Waals surface area contributed by atoms with Crippen LogP contribution in [0.15, 0.2) is 36.4 Å². The van der Waals surface area contributed by atoms with Crippen LogP contribution in [-0.2, 0) is 6.18 Å². The molecular weight excluding hydrogens is 585 g/mol. The van der Waals surface area contributed by atoms with Gasteiger partial charge in [0.1, 0.15) is 0 Å². The van der Waals surface area contributed by atoms with Gasteiger partial charge in [-0.3, -0.25) is 4.79 Å². The second-order valence-electron chi connectivity index (χ2n) is 7.79. The minimum absolute atomic E-state index is 0.122. The summed E-state index contributed by atoms with van der Waals surface area (Å²) >= 11 is 22.5. The number of ketones is 1. The Kier molecular flexibility index (Phi) is 11.1. The number of allylic oxidation sites excluding steroid dienone is 1. The van der Waals surface area contributed by atoms with Gasteiger partial charge in [-0.2, -0.15) is 26.3 Å². The van der Waals surface area contributed by atoms with E-state index in [2.05, 4.69) is 10.6 Å². The summed E-state index contributed by atoms with van der Waals surface area (Å²) in [5, 5.41) is 5.51. The van der Waals surface area contributed by atoms with E-state index in [0.29, 0.717) is 23.8 Å². The Bertz CT molecular complexity index is 1150. The van der Waals surface area contributed by atoms with Crippen LogP contribution in [-0.4, -0.2) is 30.2 Å². The zero-order valence-electron chi connectivity index (χ0n) is 19.2. The van der Waals surface area contributed by atoms with E-state index in [1.807, 2.05) is 6.92 Å². The molecular formula is C24H21Cl3F6N2OS. The van der Waals surface area contributed by atoms with E-state index in [0.717, 1.165) is 30.3 Å². The molecule has 0 aliphatic heterocycles. The Labute approximate surface area is 230 Å². The Morgan fingerprint density at radius 1 is 1.03 bits per heavy atom. The molecule has 0 aliphatic carbocycles. The van der Waals surface area contributed by atoms with Crippen LogP contribution in [0.2, 0.25) is 15.1 Å². The van der Waals surface area contributed by atoms with Crippen molar-refractivity contribution in [3.8, 4) is 0 Å². The number of benzene rings is 2. The maximum Gasteiger partial charge on any atom is 0.417 e. The van der Waals surface area contributed by atoms with E-state index in [4.69, 9.17) is 47.0 Å². The van der Waals surface area contributed by atoms with Crippen LogP contribution < -0.4 is 10.6 Å². The fourth-order valence-electron chi connectivity index (χ4n) is 3.32. The SMILES string of the molecule is CCNC(=S)NCCCC(=O)c1ccc(/C=C/C(c2cc(Cl)c(Cl)c(Cl)c2)C(F)(F)F)cc1C(F)(F)F. The van der Waals surface area contributed by atoms with Crippen LogP contribution in [0, 0.1) is 0 Å². The number of nitrogens with one attached hydrogen (secondary N) is 2. The molecule has 2 aromatic rings. The molecule has 1 atom stereocenters. The molecule has 1 unspecified atom stereocenters. The van der Waals surface area contributed by atoms with E-state index in [1.165, 1.54) is 0 Å². The summed E-state index contributed by atoms with van der Waals surface area (Å²) in [5.74, 6) is -2.98. The fourth-order valence-corrected chi connectivity index (χ4v) is 4.18. The smallest absolute Gasteiger partial charge is 0.363 e. The van der Waals surface area contributed by atoms with E-state index >= 15 is 0 Å². The molecule has 2 aromatic carbocycles. The zero-order valence-corrected chi connectivity index (χ0v) is 22.2. The van der Waals surface area contributed by atoms with E-state index in [-0.39, 0.29) is 45.6 Å². The summed E-state index contributed by atoms with van der Waals surface area (Å²) in [6.07, 6.45) is -8.09. The highest BCUT2D eigenvalue weighted by atomic mass is 35.5. The highest BCUT2D eigenvalue weighted by molar-refractivity contribution is 7.80. The number of hydrogen-bond acceptors (Lipinski definition) is 2. The molecule has 0 heterocycles. The summed E-state index contributed by atoms with van der Waals surface area (Å²) in [6, 6.07) is 4.71. The summed E-state index contributed by atoms with van der Waals surface area (Å²) in [6.45, 7) is 2.70. The van der Waals surface area contributed by atoms with Crippen molar-refractivity contribution in [3.63, 3.8) is 0 Å². The summed E-state index contributed by atoms with van der Waals surface area (Å²) in [5.41, 5.74) is -2.32. The molecule has 0 aliphatic rings. The van der Waals surface area contributed by atoms with Gasteiger partial charge in [0, 0.05) is 25.1 Å². The molecule has 0 saturated heterocycles. The predicted molar refractivity (Wildman–Crippen MR) is 139 cm³/mol. The lowest BCUT2D eigenvalue weighted by Gasteiger charge is -2.18. The number of carbonyl (C=O) groups is 1. The van der Waals surface area contributed by atoms with Crippen molar-refractivity contribution in [2.75, 3.05) is 13.1 Å². The van der Waals surface area contributed by atoms with Crippen LogP contribution >= 0.6 is 47.0 Å². The minimum Gasteiger partial charge on any atom is -0.363 e. The first-order valence-electron chi connectivity index (χ1n) is 10.8. The van der Waals surface area contributed by atoms with Crippen LogP contribution in [0.4, 0.5) is 26.3 Å². The van der Waals surface area contributed by atoms with Crippen molar-refractivity contribution < 1.29 is 31.1 Å². The van der Waals surface area contributed by atoms with E-state index in [9.17, 15) is 31.1 Å². The first-order valence-corrected chi connectivity index (χ1v) is 12.3. The normalized spacial score (nSPS) is 13.0. The van der Waals surface area contributed by atoms with Gasteiger partial charge in [-0.25, -0.2) is 0 Å². The van der Waals surface area contributed by atoms with Gasteiger partial charge in [0.2, 0.25) is 0 Å². The molecule has 0 saturated carbocycles. The number of hydrogen-bond donors (Lipinski definition) is 2. The average molecular weight is 606 g/mol. The molecule has 13 heteroatoms. The topological polar surface area (TPSA) is 41.1 Å². The van der Waals surface area contributed by atoms with Gasteiger partial charge in [0.15, 0.2) is 10.9 Å². The van der Waals surface area contributed by atoms with Gasteiger partial charge < -0.3 is 10.6 Å². The fraction of sp³-hybridized carbons (Fsp3) is 0.333. The quantitative estimate of drug-likeness (QED) is 0.0989. The summed E-state index contributed by atoms with van der Waals surface area (Å²) in [4.78, 5) is 12.5. The monoisotopic (exact) mass is 604 g/mol. The van der Waals surface area contributed by atoms with Gasteiger partial charge in [0.05, 0.1) is 26.5 Å². The predicted octanol–water partition coefficient (Wildman–Crippen LogP) is 8.47. The second-order valence-corrected chi connectivity index (χ2v) is 9.39. The highest BCUT2D eigenvalue weighted by Gasteiger charge is 2.39. The third kappa shape index (κ3) is 9.05. The van der Waals surface area contributed by atoms with E-state index in [1.54, 1.807) is 0 Å². The van der Waals surface area contributed by atoms with Gasteiger partial charge in [-0.1, -0.05) is 59.1 Å². The van der Waals surface area contributed by atoms with Crippen LogP contribution in [0.5, 0.6) is 0 Å². The molecule has 0 bridgehead atoms. The number of thiocarbonyl (C=S) groups is 1. The molecule has 0 amide bonds. The number of carbonyl (C=O) groups excluding carboxylic acids is 1. The van der Waals surface area contributed by atoms with Gasteiger partial charge in [0.25, 0.3) is 0 Å². The highest BCUT2D eigenvalue weighted by Crippen LogP contribution is 2.41. The van der Waals surface area contributed by atoms with Crippen molar-refractivity contribution in [3.05, 3.63) is 73.7 Å². The lowest BCUT2D eigenvalue weighted by Crippen LogP contribution is -2.35. The van der Waals surface area contributed by atoms with Crippen molar-refractivity contribution >= 4 is 64.0 Å². The zero-order chi connectivity index (χ0) is 28.0. The molecule has 3 nitrogen and oxygen atoms in total. The largest absolute Gasteiger partial charge is 0.417 e. The van der Waals surface area contributed by atoms with Gasteiger partial charge in [-0.05, 0) is 54.9 Å². The molecule has 0 aromatic heterocycles. The molecule has 202 valence electrons. The Balaban J connectivity index is 2.30. The van der Waals surface area contributed by atoms with Crippen LogP contribution in [0.25, 0.3) is 6.08 Å². The molecule has 37 heavy (non-hydrogen) atoms. The lowest BCUT2D eigenvalue weighted by atomic mass is 9.95. The Hall–Kier alpha value is -2.01. The maximum absolute atomic E-state index is 13.7. The molecule has 2 rings (SSSR count). The minimum atomic E-state index is -4.90. The van der Waals surface area contributed by atoms with Gasteiger partial charge in [-0.15, -0.1) is 0 Å². The first-order chi connectivity index (χ1) is 17.1. The van der Waals surface area contributed by atoms with Crippen LogP contribution in [0.1, 0.15) is 52.7 Å². The standard InChI is InChI=1S/C24H21Cl3F6N2OS/c1-2-34-22(37)35-9-3-4-20(36)15-7-5-13(10-17(15)24(31,32)33)6-8-16(23(28,29)30)14-11-18(25)21(27)19(26)12-14/h5-8,10-12,16H,2-4,9H2,1H3,(H2,34,35,37)/b8-6+. The molecule has 0 spiro atoms. The first kappa shape index (κ1) is 31.2. The van der Waals surface area contributed by atoms with Crippen molar-refractivity contribution in [1.29, 1.82) is 0 Å². The third-order valence-electron chi connectivity index (χ3n) is 5.05. The third-order valence-corrected chi connectivity index (χ3v) is 6.54. The van der Waals surface area contributed by atoms with Crippen molar-refractivity contribution in [2.24, 2.45) is 0 Å². The Morgan fingerprint density at radius 2 is 1.65 bits per heavy atom. The number of Topliss-reactive ketones (excluding diaryl/α,β-unsaturated/α-hetero) is 1. The molecule has 0 radical (unpaired) electrons. The Morgan fingerprint density at radius 3 is 2.19 bits per heavy atom. The van der Waals surface area contributed by atoms with Crippen molar-refractivity contribution in [2.45, 2.75) is 38.0 Å². The summed E-state index contributed by atoms with van der Waals surface area (Å²) < 4.78 is 82.4. The molecule has 0 fully saturated rings. The molecule has 2 N–H and O–H groups in total. The average Bonchev–Trinajstić information content (AvgIpc) is 2.79. The lowest BCUT2D eigenvalue weighted by molar-refractivity contribution is -0.139. The maximum atomic E-state index is 13.7. The number of rotatable bonds is 9. The summed E-state index contributed by atoms with van der Waals surface area (Å²) in [7, 11) is 0. The van der Waals surface area contributed by atoms with Crippen LogP contribution in [0.3, 0.4) is 0 Å². The van der Waals surface area contributed by atoms with Crippen molar-refractivity contribution in [1.82, 2.24) is 10.6 Å². The van der Waals surface area contributed by atoms with E-state index < -0.39 is 35.2 Å². The number of halogens is 9. The van der Waals surface area contributed by atoms with Gasteiger partial charge >= 0.3 is 12.4 Å².